The number of hydrogen-bond acceptors (Lipinski definition) is 4. The van der Waals surface area contributed by atoms with Crippen LogP contribution in [0.5, 0.6) is 0 Å². The summed E-state index contributed by atoms with van der Waals surface area (Å²) in [6, 6.07) is 60.6. The summed E-state index contributed by atoms with van der Waals surface area (Å²) in [5, 5.41) is 2.15. The van der Waals surface area contributed by atoms with E-state index in [0.717, 1.165) is 72.0 Å². The van der Waals surface area contributed by atoms with Crippen LogP contribution in [0.15, 0.2) is 180 Å². The molecule has 0 bridgehead atoms. The highest BCUT2D eigenvalue weighted by Crippen LogP contribution is 2.35. The first kappa shape index (κ1) is 28.6. The Balaban J connectivity index is 1.26. The molecule has 0 aliphatic rings. The number of hydrogen-bond donors (Lipinski definition) is 0. The molecular formula is C45H29N3O. The maximum Gasteiger partial charge on any atom is 0.164 e. The maximum atomic E-state index is 6.27. The fourth-order valence-electron chi connectivity index (χ4n) is 6.45. The van der Waals surface area contributed by atoms with Crippen molar-refractivity contribution >= 4 is 21.9 Å². The molecule has 0 unspecified atom stereocenters. The molecule has 49 heavy (non-hydrogen) atoms. The number of fused-ring (bicyclic) bond motifs is 3. The summed E-state index contributed by atoms with van der Waals surface area (Å²) in [6.07, 6.45) is 0. The fourth-order valence-corrected chi connectivity index (χ4v) is 6.45. The topological polar surface area (TPSA) is 51.8 Å². The lowest BCUT2D eigenvalue weighted by Gasteiger charge is -2.13. The fraction of sp³-hybridized carbons (Fsp3) is 0. The minimum absolute atomic E-state index is 0.582. The predicted octanol–water partition coefficient (Wildman–Crippen LogP) is 11.8. The zero-order valence-corrected chi connectivity index (χ0v) is 26.5. The van der Waals surface area contributed by atoms with Crippen LogP contribution in [0.4, 0.5) is 0 Å². The average molecular weight is 628 g/mol. The molecule has 7 aromatic carbocycles. The van der Waals surface area contributed by atoms with Crippen LogP contribution in [0.2, 0.25) is 0 Å². The lowest BCUT2D eigenvalue weighted by molar-refractivity contribution is 0.669. The van der Waals surface area contributed by atoms with Crippen molar-refractivity contribution in [2.75, 3.05) is 0 Å². The van der Waals surface area contributed by atoms with Crippen LogP contribution in [0.1, 0.15) is 0 Å². The number of nitrogens with zero attached hydrogens (tertiary/aromatic N) is 3. The Kier molecular flexibility index (Phi) is 7.10. The molecule has 0 N–H and O–H groups in total. The molecule has 0 saturated heterocycles. The van der Waals surface area contributed by atoms with E-state index in [1.807, 2.05) is 42.5 Å². The molecule has 0 amide bonds. The van der Waals surface area contributed by atoms with Crippen molar-refractivity contribution in [2.24, 2.45) is 0 Å². The minimum atomic E-state index is 0.582. The first-order valence-electron chi connectivity index (χ1n) is 16.4. The van der Waals surface area contributed by atoms with Crippen molar-refractivity contribution in [1.29, 1.82) is 0 Å². The van der Waals surface area contributed by atoms with Gasteiger partial charge in [-0.1, -0.05) is 133 Å². The monoisotopic (exact) mass is 627 g/mol. The number of rotatable bonds is 6. The molecule has 2 aromatic heterocycles. The van der Waals surface area contributed by atoms with Gasteiger partial charge in [0.15, 0.2) is 17.5 Å². The summed E-state index contributed by atoms with van der Waals surface area (Å²) >= 11 is 0. The molecule has 0 spiro atoms. The van der Waals surface area contributed by atoms with E-state index in [0.29, 0.717) is 17.5 Å². The number of aromatic nitrogens is 3. The van der Waals surface area contributed by atoms with E-state index in [-0.39, 0.29) is 0 Å². The predicted molar refractivity (Wildman–Crippen MR) is 200 cm³/mol. The van der Waals surface area contributed by atoms with Gasteiger partial charge in [-0.2, -0.15) is 0 Å². The second-order valence-electron chi connectivity index (χ2n) is 12.1. The Labute approximate surface area is 284 Å². The van der Waals surface area contributed by atoms with Crippen LogP contribution in [0.3, 0.4) is 0 Å². The van der Waals surface area contributed by atoms with E-state index < -0.39 is 0 Å². The molecule has 230 valence electrons. The maximum absolute atomic E-state index is 6.27. The first-order chi connectivity index (χ1) is 24.2. The number of benzene rings is 7. The summed E-state index contributed by atoms with van der Waals surface area (Å²) in [7, 11) is 0. The highest BCUT2D eigenvalue weighted by molar-refractivity contribution is 6.05. The zero-order valence-electron chi connectivity index (χ0n) is 26.5. The van der Waals surface area contributed by atoms with Gasteiger partial charge in [-0.15, -0.1) is 0 Å². The molecule has 4 nitrogen and oxygen atoms in total. The van der Waals surface area contributed by atoms with Gasteiger partial charge in [0, 0.05) is 27.5 Å². The van der Waals surface area contributed by atoms with Gasteiger partial charge >= 0.3 is 0 Å². The third-order valence-corrected chi connectivity index (χ3v) is 8.91. The molecule has 0 fully saturated rings. The van der Waals surface area contributed by atoms with Gasteiger partial charge in [0.05, 0.1) is 0 Å². The van der Waals surface area contributed by atoms with E-state index in [1.165, 1.54) is 0 Å². The van der Waals surface area contributed by atoms with Gasteiger partial charge in [0.2, 0.25) is 0 Å². The van der Waals surface area contributed by atoms with Crippen LogP contribution in [-0.4, -0.2) is 15.0 Å². The largest absolute Gasteiger partial charge is 0.456 e. The second-order valence-corrected chi connectivity index (χ2v) is 12.1. The van der Waals surface area contributed by atoms with Crippen molar-refractivity contribution in [3.8, 4) is 67.5 Å². The molecule has 0 atom stereocenters. The highest BCUT2D eigenvalue weighted by Gasteiger charge is 2.17. The number of furan rings is 1. The second kappa shape index (κ2) is 12.2. The highest BCUT2D eigenvalue weighted by atomic mass is 16.3. The van der Waals surface area contributed by atoms with Gasteiger partial charge < -0.3 is 4.42 Å². The lowest BCUT2D eigenvalue weighted by atomic mass is 9.96. The molecule has 9 aromatic rings. The van der Waals surface area contributed by atoms with Crippen LogP contribution in [-0.2, 0) is 0 Å². The Morgan fingerprint density at radius 3 is 1.33 bits per heavy atom. The molecule has 0 aliphatic carbocycles. The van der Waals surface area contributed by atoms with Crippen molar-refractivity contribution in [1.82, 2.24) is 15.0 Å². The molecular weight excluding hydrogens is 599 g/mol. The van der Waals surface area contributed by atoms with Gasteiger partial charge in [-0.05, 0) is 75.8 Å². The summed E-state index contributed by atoms with van der Waals surface area (Å²) in [6.45, 7) is 0. The molecule has 0 radical (unpaired) electrons. The Hall–Kier alpha value is -6.65. The Morgan fingerprint density at radius 2 is 0.694 bits per heavy atom. The van der Waals surface area contributed by atoms with E-state index in [4.69, 9.17) is 19.4 Å². The van der Waals surface area contributed by atoms with Crippen molar-refractivity contribution < 1.29 is 4.42 Å². The van der Waals surface area contributed by atoms with Crippen LogP contribution < -0.4 is 0 Å². The quantitative estimate of drug-likeness (QED) is 0.184. The van der Waals surface area contributed by atoms with E-state index >= 15 is 0 Å². The molecule has 0 aliphatic heterocycles. The van der Waals surface area contributed by atoms with Crippen LogP contribution in [0, 0.1) is 0 Å². The SMILES string of the molecule is c1ccc(-c2cccc(-c3nc(-c4cc(-c5ccccc5)cc(-c5ccccc5)c4)nc(-c4ccc5c(c4)oc4ccccc45)n3)c2)cc1. The molecule has 2 heterocycles. The van der Waals surface area contributed by atoms with Crippen LogP contribution >= 0.6 is 0 Å². The molecule has 0 saturated carbocycles. The van der Waals surface area contributed by atoms with Gasteiger partial charge in [-0.25, -0.2) is 15.0 Å². The van der Waals surface area contributed by atoms with E-state index in [1.54, 1.807) is 0 Å². The van der Waals surface area contributed by atoms with Crippen molar-refractivity contribution in [2.45, 2.75) is 0 Å². The molecule has 9 rings (SSSR count). The van der Waals surface area contributed by atoms with E-state index in [2.05, 4.69) is 133 Å². The van der Waals surface area contributed by atoms with Crippen molar-refractivity contribution in [3.63, 3.8) is 0 Å². The summed E-state index contributed by atoms with van der Waals surface area (Å²) in [5.74, 6) is 1.79. The van der Waals surface area contributed by atoms with Crippen LogP contribution in [0.25, 0.3) is 89.5 Å². The van der Waals surface area contributed by atoms with Crippen molar-refractivity contribution in [3.05, 3.63) is 176 Å². The number of para-hydroxylation sites is 1. The summed E-state index contributed by atoms with van der Waals surface area (Å²) < 4.78 is 6.27. The lowest BCUT2D eigenvalue weighted by Crippen LogP contribution is -2.01. The third kappa shape index (κ3) is 5.56. The summed E-state index contributed by atoms with van der Waals surface area (Å²) in [4.78, 5) is 15.4. The Morgan fingerprint density at radius 1 is 0.265 bits per heavy atom. The standard InChI is InChI=1S/C45H29N3O/c1-4-13-30(14-5-1)33-19-12-20-34(25-33)43-46-44(35-23-24-40-39-21-10-11-22-41(39)49-42(40)29-35)48-45(47-43)38-27-36(31-15-6-2-7-16-31)26-37(28-38)32-17-8-3-9-18-32/h1-29H. The normalized spacial score (nSPS) is 11.3. The third-order valence-electron chi connectivity index (χ3n) is 8.91. The van der Waals surface area contributed by atoms with E-state index in [9.17, 15) is 0 Å². The zero-order chi connectivity index (χ0) is 32.6. The smallest absolute Gasteiger partial charge is 0.164 e. The first-order valence-corrected chi connectivity index (χ1v) is 16.4. The van der Waals surface area contributed by atoms with Gasteiger partial charge in [-0.3, -0.25) is 0 Å². The van der Waals surface area contributed by atoms with Gasteiger partial charge in [0.25, 0.3) is 0 Å². The Bertz CT molecular complexity index is 2540. The van der Waals surface area contributed by atoms with Gasteiger partial charge in [0.1, 0.15) is 11.2 Å². The molecule has 4 heteroatoms. The summed E-state index contributed by atoms with van der Waals surface area (Å²) in [5.41, 5.74) is 11.0. The minimum Gasteiger partial charge on any atom is -0.456 e. The average Bonchev–Trinajstić information content (AvgIpc) is 3.57.